The first-order valence-corrected chi connectivity index (χ1v) is 10.9. The molecule has 2 aromatic heterocycles. The molecular formula is C26H23FN6O. The maximum absolute atomic E-state index is 13.7. The Morgan fingerprint density at radius 1 is 1.18 bits per heavy atom. The molecule has 3 N–H and O–H groups in total. The third kappa shape index (κ3) is 3.87. The number of fused-ring (bicyclic) bond motifs is 2. The Morgan fingerprint density at radius 3 is 2.76 bits per heavy atom. The summed E-state index contributed by atoms with van der Waals surface area (Å²) >= 11 is 0. The van der Waals surface area contributed by atoms with Gasteiger partial charge in [0.2, 0.25) is 0 Å². The number of nitrogens with one attached hydrogen (secondary N) is 2. The Bertz CT molecular complexity index is 1590. The van der Waals surface area contributed by atoms with Crippen molar-refractivity contribution in [2.24, 2.45) is 0 Å². The molecule has 0 bridgehead atoms. The van der Waals surface area contributed by atoms with Crippen molar-refractivity contribution in [3.05, 3.63) is 71.7 Å². The van der Waals surface area contributed by atoms with Gasteiger partial charge in [0.1, 0.15) is 17.7 Å². The summed E-state index contributed by atoms with van der Waals surface area (Å²) in [5.74, 6) is 0.320. The van der Waals surface area contributed by atoms with E-state index in [0.29, 0.717) is 34.7 Å². The lowest BCUT2D eigenvalue weighted by molar-refractivity contribution is 0.0945. The highest BCUT2D eigenvalue weighted by molar-refractivity contribution is 5.97. The molecule has 0 aliphatic heterocycles. The highest BCUT2D eigenvalue weighted by Crippen LogP contribution is 2.33. The minimum Gasteiger partial charge on any atom is -0.389 e. The number of anilines is 1. The summed E-state index contributed by atoms with van der Waals surface area (Å²) in [6.07, 6.45) is 0. The number of aryl methyl sites for hydroxylation is 1. The van der Waals surface area contributed by atoms with Gasteiger partial charge >= 0.3 is 0 Å². The lowest BCUT2D eigenvalue weighted by atomic mass is 10.1. The third-order valence-electron chi connectivity index (χ3n) is 5.66. The summed E-state index contributed by atoms with van der Waals surface area (Å²) in [4.78, 5) is 7.87. The first-order valence-electron chi connectivity index (χ1n) is 10.9. The van der Waals surface area contributed by atoms with Crippen LogP contribution >= 0.6 is 0 Å². The van der Waals surface area contributed by atoms with Crippen molar-refractivity contribution < 1.29 is 9.50 Å². The first kappa shape index (κ1) is 21.6. The number of nitrogens with zero attached hydrogens (tertiary/aromatic N) is 4. The van der Waals surface area contributed by atoms with E-state index < -0.39 is 5.60 Å². The van der Waals surface area contributed by atoms with E-state index in [9.17, 15) is 14.8 Å². The maximum Gasteiger partial charge on any atom is 0.139 e. The van der Waals surface area contributed by atoms with Gasteiger partial charge in [0.15, 0.2) is 0 Å². The van der Waals surface area contributed by atoms with Crippen molar-refractivity contribution in [3.63, 3.8) is 0 Å². The molecule has 0 spiro atoms. The van der Waals surface area contributed by atoms with E-state index in [-0.39, 0.29) is 5.82 Å². The van der Waals surface area contributed by atoms with Crippen molar-refractivity contribution in [2.75, 3.05) is 11.9 Å². The minimum absolute atomic E-state index is 0.292. The van der Waals surface area contributed by atoms with E-state index >= 15 is 0 Å². The van der Waals surface area contributed by atoms with Gasteiger partial charge in [0.05, 0.1) is 44.8 Å². The fourth-order valence-corrected chi connectivity index (χ4v) is 4.07. The van der Waals surface area contributed by atoms with E-state index in [1.807, 2.05) is 41.9 Å². The average molecular weight is 455 g/mol. The fourth-order valence-electron chi connectivity index (χ4n) is 4.07. The van der Waals surface area contributed by atoms with Crippen LogP contribution in [-0.2, 0) is 0 Å². The van der Waals surface area contributed by atoms with Crippen LogP contribution in [0.3, 0.4) is 0 Å². The van der Waals surface area contributed by atoms with Gasteiger partial charge in [-0.3, -0.25) is 0 Å². The van der Waals surface area contributed by atoms with Gasteiger partial charge in [-0.1, -0.05) is 12.1 Å². The summed E-state index contributed by atoms with van der Waals surface area (Å²) in [6, 6.07) is 18.0. The predicted molar refractivity (Wildman–Crippen MR) is 130 cm³/mol. The number of H-pyrrole nitrogens is 1. The molecule has 8 heteroatoms. The molecule has 0 radical (unpaired) electrons. The highest BCUT2D eigenvalue weighted by atomic mass is 19.1. The van der Waals surface area contributed by atoms with Crippen LogP contribution in [0, 0.1) is 24.1 Å². The molecule has 0 amide bonds. The molecule has 7 nitrogen and oxygen atoms in total. The molecule has 0 unspecified atom stereocenters. The standard InChI is InChI=1S/C26H23FN6O/c1-15-24-19(25-30-20-10-8-17(27)11-22(20)31-25)5-4-6-23(24)33(32-15)18-9-7-16(13-28)21(12-18)29-14-26(2,3)34/h4-12,29,34H,14H2,1-3H3,(H,30,31). The molecule has 0 fully saturated rings. The summed E-state index contributed by atoms with van der Waals surface area (Å²) in [5.41, 5.74) is 4.83. The lowest BCUT2D eigenvalue weighted by Gasteiger charge is -2.19. The second-order valence-corrected chi connectivity index (χ2v) is 8.95. The van der Waals surface area contributed by atoms with Gasteiger partial charge in [-0.2, -0.15) is 10.4 Å². The molecule has 0 saturated carbocycles. The number of rotatable bonds is 5. The maximum atomic E-state index is 13.7. The predicted octanol–water partition coefficient (Wildman–Crippen LogP) is 5.07. The average Bonchev–Trinajstić information content (AvgIpc) is 3.37. The van der Waals surface area contributed by atoms with Crippen LogP contribution in [-0.4, -0.2) is 37.0 Å². The van der Waals surface area contributed by atoms with E-state index in [1.54, 1.807) is 26.0 Å². The minimum atomic E-state index is -0.928. The Balaban J connectivity index is 1.63. The number of halogens is 1. The van der Waals surface area contributed by atoms with Crippen LogP contribution in [0.1, 0.15) is 25.1 Å². The zero-order valence-corrected chi connectivity index (χ0v) is 19.0. The third-order valence-corrected chi connectivity index (χ3v) is 5.66. The lowest BCUT2D eigenvalue weighted by Crippen LogP contribution is -2.29. The van der Waals surface area contributed by atoms with Crippen LogP contribution in [0.4, 0.5) is 10.1 Å². The quantitative estimate of drug-likeness (QED) is 0.344. The van der Waals surface area contributed by atoms with Crippen LogP contribution in [0.15, 0.2) is 54.6 Å². The number of nitriles is 1. The van der Waals surface area contributed by atoms with Gasteiger partial charge in [-0.05, 0) is 63.2 Å². The monoisotopic (exact) mass is 454 g/mol. The Kier molecular flexibility index (Phi) is 5.07. The number of hydrogen-bond donors (Lipinski definition) is 3. The number of aromatic nitrogens is 4. The normalized spacial score (nSPS) is 11.8. The molecule has 0 saturated heterocycles. The van der Waals surface area contributed by atoms with Gasteiger partial charge in [0, 0.05) is 17.5 Å². The molecule has 0 aliphatic carbocycles. The topological polar surface area (TPSA) is 103 Å². The van der Waals surface area contributed by atoms with Crippen molar-refractivity contribution in [3.8, 4) is 23.1 Å². The van der Waals surface area contributed by atoms with Crippen LogP contribution in [0.2, 0.25) is 0 Å². The molecule has 5 rings (SSSR count). The van der Waals surface area contributed by atoms with Crippen molar-refractivity contribution in [1.82, 2.24) is 19.7 Å². The summed E-state index contributed by atoms with van der Waals surface area (Å²) < 4.78 is 15.5. The molecule has 2 heterocycles. The largest absolute Gasteiger partial charge is 0.389 e. The van der Waals surface area contributed by atoms with Crippen LogP contribution < -0.4 is 5.32 Å². The number of aromatic amines is 1. The highest BCUT2D eigenvalue weighted by Gasteiger charge is 2.18. The van der Waals surface area contributed by atoms with Gasteiger partial charge in [-0.25, -0.2) is 14.1 Å². The van der Waals surface area contributed by atoms with Gasteiger partial charge in [-0.15, -0.1) is 0 Å². The molecular weight excluding hydrogens is 431 g/mol. The molecule has 34 heavy (non-hydrogen) atoms. The number of hydrogen-bond acceptors (Lipinski definition) is 5. The van der Waals surface area contributed by atoms with Crippen molar-refractivity contribution in [2.45, 2.75) is 26.4 Å². The van der Waals surface area contributed by atoms with E-state index in [2.05, 4.69) is 21.4 Å². The Labute approximate surface area is 195 Å². The molecule has 3 aromatic carbocycles. The molecule has 0 atom stereocenters. The zero-order valence-electron chi connectivity index (χ0n) is 19.0. The second kappa shape index (κ2) is 7.97. The summed E-state index contributed by atoms with van der Waals surface area (Å²) in [6.45, 7) is 5.63. The van der Waals surface area contributed by atoms with Gasteiger partial charge in [0.25, 0.3) is 0 Å². The van der Waals surface area contributed by atoms with E-state index in [0.717, 1.165) is 27.8 Å². The summed E-state index contributed by atoms with van der Waals surface area (Å²) in [5, 5.41) is 28.5. The second-order valence-electron chi connectivity index (χ2n) is 8.95. The number of imidazole rings is 1. The zero-order chi connectivity index (χ0) is 24.0. The molecule has 5 aromatic rings. The number of aliphatic hydroxyl groups is 1. The Morgan fingerprint density at radius 2 is 2.00 bits per heavy atom. The fraction of sp³-hybridized carbons (Fsp3) is 0.192. The van der Waals surface area contributed by atoms with E-state index in [4.69, 9.17) is 5.10 Å². The van der Waals surface area contributed by atoms with Gasteiger partial charge < -0.3 is 15.4 Å². The smallest absolute Gasteiger partial charge is 0.139 e. The van der Waals surface area contributed by atoms with E-state index in [1.165, 1.54) is 12.1 Å². The van der Waals surface area contributed by atoms with Crippen LogP contribution in [0.5, 0.6) is 0 Å². The van der Waals surface area contributed by atoms with Crippen molar-refractivity contribution >= 4 is 27.6 Å². The SMILES string of the molecule is Cc1nn(-c2ccc(C#N)c(NCC(C)(C)O)c2)c2cccc(-c3nc4ccc(F)cc4[nH]3)c12. The molecule has 0 aliphatic rings. The molecule has 170 valence electrons. The Hall–Kier alpha value is -4.22. The van der Waals surface area contributed by atoms with Crippen LogP contribution in [0.25, 0.3) is 39.0 Å². The number of benzene rings is 3. The first-order chi connectivity index (χ1) is 16.2. The van der Waals surface area contributed by atoms with Crippen molar-refractivity contribution in [1.29, 1.82) is 5.26 Å². The summed E-state index contributed by atoms with van der Waals surface area (Å²) in [7, 11) is 0.